The number of hydrogen-bond acceptors (Lipinski definition) is 4. The Balaban J connectivity index is 1.91. The molecule has 0 radical (unpaired) electrons. The van der Waals surface area contributed by atoms with Gasteiger partial charge in [0.25, 0.3) is 0 Å². The first-order valence-corrected chi connectivity index (χ1v) is 6.19. The molecule has 1 aromatic carbocycles. The Morgan fingerprint density at radius 2 is 2.06 bits per heavy atom. The molecule has 2 heterocycles. The Morgan fingerprint density at radius 1 is 1.28 bits per heavy atom. The molecule has 1 saturated heterocycles. The summed E-state index contributed by atoms with van der Waals surface area (Å²) >= 11 is 6.02. The molecule has 0 bridgehead atoms. The molecule has 0 spiro atoms. The number of nitrogens with zero attached hydrogens (tertiary/aromatic N) is 4. The maximum atomic E-state index is 8.83. The quantitative estimate of drug-likeness (QED) is 0.796. The van der Waals surface area contributed by atoms with Crippen LogP contribution in [0.2, 0.25) is 5.02 Å². The highest BCUT2D eigenvalue weighted by Gasteiger charge is 2.19. The fraction of sp³-hybridized carbons (Fsp3) is 0.333. The monoisotopic (exact) mass is 261 g/mol. The lowest BCUT2D eigenvalue weighted by atomic mass is 10.2. The van der Waals surface area contributed by atoms with Crippen LogP contribution in [-0.4, -0.2) is 41.3 Å². The van der Waals surface area contributed by atoms with Crippen molar-refractivity contribution >= 4 is 28.3 Å². The summed E-state index contributed by atoms with van der Waals surface area (Å²) in [5.74, 6) is 0.921. The molecule has 5 nitrogen and oxygen atoms in total. The van der Waals surface area contributed by atoms with Crippen LogP contribution >= 0.6 is 11.6 Å². The predicted molar refractivity (Wildman–Crippen MR) is 70.5 cm³/mol. The second kappa shape index (κ2) is 4.39. The summed E-state index contributed by atoms with van der Waals surface area (Å²) in [4.78, 5) is 3.95. The lowest BCUT2D eigenvalue weighted by Gasteiger charge is -2.31. The molecule has 1 aromatic heterocycles. The summed E-state index contributed by atoms with van der Waals surface area (Å²) in [6.45, 7) is 3.09. The van der Waals surface area contributed by atoms with Crippen LogP contribution in [0.3, 0.4) is 0 Å². The largest absolute Gasteiger partial charge is 0.351 e. The number of fused-ring (bicyclic) bond motifs is 1. The molecular weight excluding hydrogens is 250 g/mol. The van der Waals surface area contributed by atoms with E-state index in [2.05, 4.69) is 21.3 Å². The van der Waals surface area contributed by atoms with Crippen molar-refractivity contribution < 1.29 is 0 Å². The van der Waals surface area contributed by atoms with Crippen LogP contribution in [-0.2, 0) is 0 Å². The van der Waals surface area contributed by atoms with Crippen LogP contribution in [0.5, 0.6) is 0 Å². The maximum absolute atomic E-state index is 8.83. The molecule has 1 aliphatic heterocycles. The molecule has 0 amide bonds. The van der Waals surface area contributed by atoms with Gasteiger partial charge in [0.2, 0.25) is 0 Å². The highest BCUT2D eigenvalue weighted by molar-refractivity contribution is 6.31. The van der Waals surface area contributed by atoms with Crippen molar-refractivity contribution in [2.45, 2.75) is 0 Å². The summed E-state index contributed by atoms with van der Waals surface area (Å²) in [5.41, 5.74) is 0.983. The standard InChI is InChI=1S/C12H12ClN5/c13-9-1-2-11-10(7-9)12(16-15-11)18-5-3-17(8-14)4-6-18/h1-2,7H,3-6H2,(H,15,16). The van der Waals surface area contributed by atoms with Gasteiger partial charge in [0, 0.05) is 36.6 Å². The van der Waals surface area contributed by atoms with E-state index >= 15 is 0 Å². The molecule has 0 saturated carbocycles. The highest BCUT2D eigenvalue weighted by Crippen LogP contribution is 2.27. The maximum Gasteiger partial charge on any atom is 0.179 e. The number of rotatable bonds is 1. The van der Waals surface area contributed by atoms with E-state index in [1.165, 1.54) is 0 Å². The topological polar surface area (TPSA) is 59.0 Å². The van der Waals surface area contributed by atoms with Gasteiger partial charge in [-0.2, -0.15) is 10.4 Å². The zero-order chi connectivity index (χ0) is 12.5. The van der Waals surface area contributed by atoms with E-state index in [0.29, 0.717) is 5.02 Å². The first kappa shape index (κ1) is 11.2. The summed E-state index contributed by atoms with van der Waals surface area (Å²) in [7, 11) is 0. The second-order valence-corrected chi connectivity index (χ2v) is 4.75. The van der Waals surface area contributed by atoms with Crippen molar-refractivity contribution in [1.82, 2.24) is 15.1 Å². The first-order chi connectivity index (χ1) is 8.78. The van der Waals surface area contributed by atoms with E-state index in [1.807, 2.05) is 18.2 Å². The number of halogens is 1. The van der Waals surface area contributed by atoms with E-state index in [-0.39, 0.29) is 0 Å². The van der Waals surface area contributed by atoms with Crippen molar-refractivity contribution in [3.8, 4) is 6.19 Å². The van der Waals surface area contributed by atoms with Gasteiger partial charge in [-0.15, -0.1) is 0 Å². The van der Waals surface area contributed by atoms with Crippen LogP contribution in [0, 0.1) is 11.5 Å². The lowest BCUT2D eigenvalue weighted by molar-refractivity contribution is 0.362. The minimum atomic E-state index is 0.709. The van der Waals surface area contributed by atoms with Gasteiger partial charge in [-0.1, -0.05) is 11.6 Å². The zero-order valence-electron chi connectivity index (χ0n) is 9.73. The zero-order valence-corrected chi connectivity index (χ0v) is 10.5. The first-order valence-electron chi connectivity index (χ1n) is 5.81. The Kier molecular flexibility index (Phi) is 2.73. The van der Waals surface area contributed by atoms with Gasteiger partial charge >= 0.3 is 0 Å². The summed E-state index contributed by atoms with van der Waals surface area (Å²) in [6.07, 6.45) is 2.17. The fourth-order valence-electron chi connectivity index (χ4n) is 2.23. The third-order valence-electron chi connectivity index (χ3n) is 3.23. The van der Waals surface area contributed by atoms with E-state index in [4.69, 9.17) is 16.9 Å². The number of H-pyrrole nitrogens is 1. The molecule has 18 heavy (non-hydrogen) atoms. The van der Waals surface area contributed by atoms with E-state index in [9.17, 15) is 0 Å². The number of piperazine rings is 1. The third-order valence-corrected chi connectivity index (χ3v) is 3.46. The molecule has 6 heteroatoms. The van der Waals surface area contributed by atoms with Crippen molar-refractivity contribution in [3.05, 3.63) is 23.2 Å². The van der Waals surface area contributed by atoms with E-state index in [1.54, 1.807) is 4.90 Å². The Morgan fingerprint density at radius 3 is 2.78 bits per heavy atom. The van der Waals surface area contributed by atoms with Crippen LogP contribution in [0.1, 0.15) is 0 Å². The Labute approximate surface area is 110 Å². The average molecular weight is 262 g/mol. The molecule has 0 aliphatic carbocycles. The van der Waals surface area contributed by atoms with Crippen molar-refractivity contribution in [2.24, 2.45) is 0 Å². The molecule has 92 valence electrons. The van der Waals surface area contributed by atoms with Gasteiger partial charge in [-0.25, -0.2) is 0 Å². The van der Waals surface area contributed by atoms with Crippen LogP contribution in [0.25, 0.3) is 10.9 Å². The molecule has 1 N–H and O–H groups in total. The predicted octanol–water partition coefficient (Wildman–Crippen LogP) is 1.82. The number of aromatic nitrogens is 2. The van der Waals surface area contributed by atoms with Gasteiger partial charge in [0.05, 0.1) is 5.52 Å². The van der Waals surface area contributed by atoms with Gasteiger partial charge in [0.1, 0.15) is 0 Å². The fourth-order valence-corrected chi connectivity index (χ4v) is 2.40. The van der Waals surface area contributed by atoms with Crippen molar-refractivity contribution in [1.29, 1.82) is 5.26 Å². The average Bonchev–Trinajstić information content (AvgIpc) is 2.82. The number of aromatic amines is 1. The lowest BCUT2D eigenvalue weighted by Crippen LogP contribution is -2.44. The van der Waals surface area contributed by atoms with Gasteiger partial charge in [-0.05, 0) is 18.2 Å². The minimum Gasteiger partial charge on any atom is -0.351 e. The highest BCUT2D eigenvalue weighted by atomic mass is 35.5. The molecule has 0 unspecified atom stereocenters. The van der Waals surface area contributed by atoms with Crippen LogP contribution < -0.4 is 4.90 Å². The van der Waals surface area contributed by atoms with Gasteiger partial charge in [-0.3, -0.25) is 5.10 Å². The molecule has 3 rings (SSSR count). The number of nitriles is 1. The Bertz CT molecular complexity index is 606. The summed E-state index contributed by atoms with van der Waals surface area (Å²) in [6, 6.07) is 5.70. The van der Waals surface area contributed by atoms with Crippen molar-refractivity contribution in [3.63, 3.8) is 0 Å². The van der Waals surface area contributed by atoms with Crippen LogP contribution in [0.4, 0.5) is 5.82 Å². The van der Waals surface area contributed by atoms with E-state index in [0.717, 1.165) is 42.9 Å². The minimum absolute atomic E-state index is 0.709. The van der Waals surface area contributed by atoms with E-state index < -0.39 is 0 Å². The van der Waals surface area contributed by atoms with Crippen molar-refractivity contribution in [2.75, 3.05) is 31.1 Å². The number of benzene rings is 1. The van der Waals surface area contributed by atoms with Gasteiger partial charge < -0.3 is 9.80 Å². The number of hydrogen-bond donors (Lipinski definition) is 1. The number of anilines is 1. The molecule has 1 aliphatic rings. The van der Waals surface area contributed by atoms with Gasteiger partial charge in [0.15, 0.2) is 12.0 Å². The Hall–Kier alpha value is -1.93. The SMILES string of the molecule is N#CN1CCN(c2n[nH]c3ccc(Cl)cc23)CC1. The molecule has 0 atom stereocenters. The van der Waals surface area contributed by atoms with Crippen LogP contribution in [0.15, 0.2) is 18.2 Å². The normalized spacial score (nSPS) is 16.0. The smallest absolute Gasteiger partial charge is 0.179 e. The third kappa shape index (κ3) is 1.85. The summed E-state index contributed by atoms with van der Waals surface area (Å²) in [5, 5.41) is 17.9. The number of nitrogens with one attached hydrogen (secondary N) is 1. The molecule has 2 aromatic rings. The molecular formula is C12H12ClN5. The second-order valence-electron chi connectivity index (χ2n) is 4.31. The molecule has 1 fully saturated rings. The summed E-state index contributed by atoms with van der Waals surface area (Å²) < 4.78 is 0.